The van der Waals surface area contributed by atoms with E-state index >= 15 is 0 Å². The molecular formula is C10H6Cl6N4. The number of halogens is 6. The standard InChI is InChI=1S/2C5H3Cl3N2/c2*6-4(2-9)1-5(7,8)3-10/h2*4H,1H2. The minimum atomic E-state index is -1.54. The Balaban J connectivity index is 0. The molecule has 0 aliphatic rings. The fourth-order valence-electron chi connectivity index (χ4n) is 0.633. The van der Waals surface area contributed by atoms with E-state index in [-0.39, 0.29) is 12.8 Å². The maximum absolute atomic E-state index is 8.26. The Labute approximate surface area is 146 Å². The number of hydrogen-bond donors (Lipinski definition) is 0. The van der Waals surface area contributed by atoms with Crippen molar-refractivity contribution in [3.05, 3.63) is 0 Å². The average molecular weight is 395 g/mol. The van der Waals surface area contributed by atoms with Crippen LogP contribution < -0.4 is 0 Å². The maximum atomic E-state index is 8.26. The second-order valence-electron chi connectivity index (χ2n) is 3.23. The molecule has 0 aliphatic carbocycles. The van der Waals surface area contributed by atoms with Crippen molar-refractivity contribution in [2.45, 2.75) is 32.3 Å². The van der Waals surface area contributed by atoms with Gasteiger partial charge >= 0.3 is 0 Å². The van der Waals surface area contributed by atoms with Crippen LogP contribution in [0.4, 0.5) is 0 Å². The van der Waals surface area contributed by atoms with Gasteiger partial charge in [0.15, 0.2) is 0 Å². The zero-order chi connectivity index (χ0) is 16.4. The summed E-state index contributed by atoms with van der Waals surface area (Å²) in [4.78, 5) is 0. The van der Waals surface area contributed by atoms with Crippen molar-refractivity contribution >= 4 is 69.6 Å². The first-order valence-corrected chi connectivity index (χ1v) is 7.07. The molecule has 0 aromatic rings. The molecule has 0 bridgehead atoms. The van der Waals surface area contributed by atoms with Crippen LogP contribution in [0.15, 0.2) is 0 Å². The summed E-state index contributed by atoms with van der Waals surface area (Å²) in [5.41, 5.74) is 0. The molecule has 0 N–H and O–H groups in total. The lowest BCUT2D eigenvalue weighted by Gasteiger charge is -2.08. The highest BCUT2D eigenvalue weighted by Crippen LogP contribution is 2.27. The molecule has 0 spiro atoms. The van der Waals surface area contributed by atoms with E-state index in [2.05, 4.69) is 0 Å². The second-order valence-corrected chi connectivity index (χ2v) is 7.26. The molecule has 0 aliphatic heterocycles. The third-order valence-electron chi connectivity index (χ3n) is 1.48. The van der Waals surface area contributed by atoms with Gasteiger partial charge in [0, 0.05) is 12.8 Å². The van der Waals surface area contributed by atoms with Gasteiger partial charge < -0.3 is 0 Å². The topological polar surface area (TPSA) is 95.2 Å². The van der Waals surface area contributed by atoms with Crippen molar-refractivity contribution in [3.8, 4) is 24.3 Å². The summed E-state index contributed by atoms with van der Waals surface area (Å²) in [6.45, 7) is 0. The van der Waals surface area contributed by atoms with Gasteiger partial charge in [-0.25, -0.2) is 0 Å². The number of nitrogens with zero attached hydrogens (tertiary/aromatic N) is 4. The van der Waals surface area contributed by atoms with E-state index in [4.69, 9.17) is 90.7 Å². The van der Waals surface area contributed by atoms with Crippen molar-refractivity contribution in [2.24, 2.45) is 0 Å². The van der Waals surface area contributed by atoms with Gasteiger partial charge in [0.25, 0.3) is 0 Å². The highest BCUT2D eigenvalue weighted by Gasteiger charge is 2.27. The summed E-state index contributed by atoms with van der Waals surface area (Å²) in [6.07, 6.45) is -0.102. The van der Waals surface area contributed by atoms with Crippen LogP contribution in [0.1, 0.15) is 12.8 Å². The smallest absolute Gasteiger partial charge is 0.197 e. The molecule has 0 saturated heterocycles. The first-order chi connectivity index (χ1) is 9.03. The fraction of sp³-hybridized carbons (Fsp3) is 0.600. The molecule has 2 atom stereocenters. The Kier molecular flexibility index (Phi) is 11.5. The molecule has 2 unspecified atom stereocenters. The number of hydrogen-bond acceptors (Lipinski definition) is 4. The first-order valence-electron chi connectivity index (χ1n) is 4.69. The Morgan fingerprint density at radius 1 is 0.700 bits per heavy atom. The van der Waals surface area contributed by atoms with Gasteiger partial charge in [-0.15, -0.1) is 23.2 Å². The van der Waals surface area contributed by atoms with Crippen molar-refractivity contribution in [1.82, 2.24) is 0 Å². The number of alkyl halides is 6. The molecule has 0 aromatic carbocycles. The number of rotatable bonds is 4. The van der Waals surface area contributed by atoms with Crippen LogP contribution in [0.3, 0.4) is 0 Å². The van der Waals surface area contributed by atoms with Gasteiger partial charge in [-0.05, 0) is 0 Å². The molecule has 4 nitrogen and oxygen atoms in total. The zero-order valence-corrected chi connectivity index (χ0v) is 14.2. The largest absolute Gasteiger partial charge is 0.205 e. The van der Waals surface area contributed by atoms with E-state index in [9.17, 15) is 0 Å². The first kappa shape index (κ1) is 22.0. The SMILES string of the molecule is N#CC(Cl)CC(Cl)(Cl)C#N.N#CC(Cl)CC(Cl)(Cl)C#N. The molecule has 0 fully saturated rings. The molecule has 0 rings (SSSR count). The zero-order valence-electron chi connectivity index (χ0n) is 9.63. The van der Waals surface area contributed by atoms with E-state index in [1.165, 1.54) is 0 Å². The van der Waals surface area contributed by atoms with Crippen LogP contribution in [-0.4, -0.2) is 19.4 Å². The van der Waals surface area contributed by atoms with Gasteiger partial charge in [-0.3, -0.25) is 0 Å². The average Bonchev–Trinajstić information content (AvgIpc) is 2.38. The lowest BCUT2D eigenvalue weighted by molar-refractivity contribution is 0.844. The quantitative estimate of drug-likeness (QED) is 0.659. The normalized spacial score (nSPS) is 13.3. The molecule has 20 heavy (non-hydrogen) atoms. The summed E-state index contributed by atoms with van der Waals surface area (Å²) in [6, 6.07) is 6.61. The van der Waals surface area contributed by atoms with Crippen LogP contribution >= 0.6 is 69.6 Å². The van der Waals surface area contributed by atoms with E-state index in [1.54, 1.807) is 24.3 Å². The van der Waals surface area contributed by atoms with Crippen LogP contribution in [0.25, 0.3) is 0 Å². The number of nitriles is 4. The van der Waals surface area contributed by atoms with Crippen LogP contribution in [0, 0.1) is 45.3 Å². The van der Waals surface area contributed by atoms with Gasteiger partial charge in [-0.2, -0.15) is 21.0 Å². The second kappa shape index (κ2) is 10.4. The van der Waals surface area contributed by atoms with Crippen molar-refractivity contribution in [1.29, 1.82) is 21.0 Å². The fourth-order valence-corrected chi connectivity index (χ4v) is 2.03. The minimum absolute atomic E-state index is 0.0509. The van der Waals surface area contributed by atoms with E-state index < -0.39 is 19.4 Å². The summed E-state index contributed by atoms with van der Waals surface area (Å²) < 4.78 is -3.08. The predicted octanol–water partition coefficient (Wildman–Crippen LogP) is 4.41. The van der Waals surface area contributed by atoms with Crippen molar-refractivity contribution in [2.75, 3.05) is 0 Å². The van der Waals surface area contributed by atoms with Gasteiger partial charge in [0.2, 0.25) is 8.67 Å². The highest BCUT2D eigenvalue weighted by atomic mass is 35.5. The Bertz CT molecular complexity index is 420. The van der Waals surface area contributed by atoms with Crippen LogP contribution in [0.5, 0.6) is 0 Å². The van der Waals surface area contributed by atoms with Crippen LogP contribution in [-0.2, 0) is 0 Å². The monoisotopic (exact) mass is 392 g/mol. The van der Waals surface area contributed by atoms with Gasteiger partial charge in [0.1, 0.15) is 22.9 Å². The lowest BCUT2D eigenvalue weighted by atomic mass is 10.2. The molecule has 0 radical (unpaired) electrons. The predicted molar refractivity (Wildman–Crippen MR) is 79.8 cm³/mol. The van der Waals surface area contributed by atoms with Crippen LogP contribution in [0.2, 0.25) is 0 Å². The Morgan fingerprint density at radius 3 is 1.10 bits per heavy atom. The van der Waals surface area contributed by atoms with E-state index in [0.29, 0.717) is 0 Å². The lowest BCUT2D eigenvalue weighted by Crippen LogP contribution is -2.14. The molecule has 0 amide bonds. The molecule has 10 heteroatoms. The maximum Gasteiger partial charge on any atom is 0.205 e. The third kappa shape index (κ3) is 12.7. The third-order valence-corrected chi connectivity index (χ3v) is 2.94. The van der Waals surface area contributed by atoms with Gasteiger partial charge in [-0.1, -0.05) is 46.4 Å². The Hall–Kier alpha value is -0.300. The molecule has 0 heterocycles. The molecular weight excluding hydrogens is 389 g/mol. The van der Waals surface area contributed by atoms with Crippen molar-refractivity contribution < 1.29 is 0 Å². The van der Waals surface area contributed by atoms with Gasteiger partial charge in [0.05, 0.1) is 12.1 Å². The molecule has 0 saturated carbocycles. The minimum Gasteiger partial charge on any atom is -0.197 e. The Morgan fingerprint density at radius 2 is 0.950 bits per heavy atom. The van der Waals surface area contributed by atoms with E-state index in [0.717, 1.165) is 0 Å². The molecule has 108 valence electrons. The highest BCUT2D eigenvalue weighted by molar-refractivity contribution is 6.51. The van der Waals surface area contributed by atoms with Crippen molar-refractivity contribution in [3.63, 3.8) is 0 Å². The molecule has 0 aromatic heterocycles. The summed E-state index contributed by atoms with van der Waals surface area (Å²) in [5, 5.41) is 31.3. The summed E-state index contributed by atoms with van der Waals surface area (Å²) >= 11 is 32.1. The van der Waals surface area contributed by atoms with E-state index in [1.807, 2.05) is 0 Å². The summed E-state index contributed by atoms with van der Waals surface area (Å²) in [5.74, 6) is 0. The summed E-state index contributed by atoms with van der Waals surface area (Å²) in [7, 11) is 0.